The fourth-order valence-corrected chi connectivity index (χ4v) is 2.40. The van der Waals surface area contributed by atoms with E-state index in [1.54, 1.807) is 25.6 Å². The summed E-state index contributed by atoms with van der Waals surface area (Å²) in [6.45, 7) is 2.04. The number of ether oxygens (including phenoxy) is 1. The fraction of sp³-hybridized carbons (Fsp3) is 0.250. The number of nitrogens with zero attached hydrogens (tertiary/aromatic N) is 1. The number of halogens is 1. The van der Waals surface area contributed by atoms with Crippen LogP contribution in [0.15, 0.2) is 47.2 Å². The van der Waals surface area contributed by atoms with Crippen LogP contribution in [0.4, 0.5) is 0 Å². The Labute approximate surface area is 132 Å². The van der Waals surface area contributed by atoms with Gasteiger partial charge in [0.2, 0.25) is 0 Å². The van der Waals surface area contributed by atoms with E-state index in [9.17, 15) is 4.79 Å². The summed E-state index contributed by atoms with van der Waals surface area (Å²) in [6.07, 6.45) is 4.01. The molecular weight excluding hydrogens is 332 g/mol. The first-order valence-electron chi connectivity index (χ1n) is 6.69. The van der Waals surface area contributed by atoms with Crippen LogP contribution < -0.4 is 10.1 Å². The number of carbonyl (C=O) groups excluding carboxylic acids is 1. The van der Waals surface area contributed by atoms with Gasteiger partial charge in [0.15, 0.2) is 0 Å². The van der Waals surface area contributed by atoms with Crippen molar-refractivity contribution < 1.29 is 9.53 Å². The fourth-order valence-electron chi connectivity index (χ4n) is 2.03. The zero-order chi connectivity index (χ0) is 15.2. The van der Waals surface area contributed by atoms with Crippen LogP contribution in [0.25, 0.3) is 0 Å². The third kappa shape index (κ3) is 4.04. The van der Waals surface area contributed by atoms with E-state index >= 15 is 0 Å². The van der Waals surface area contributed by atoms with Crippen molar-refractivity contribution in [3.8, 4) is 5.75 Å². The molecule has 1 aromatic carbocycles. The third-order valence-electron chi connectivity index (χ3n) is 3.20. The average Bonchev–Trinajstić information content (AvgIpc) is 2.52. The Balaban J connectivity index is 2.12. The Morgan fingerprint density at radius 2 is 2.05 bits per heavy atom. The summed E-state index contributed by atoms with van der Waals surface area (Å²) >= 11 is 3.32. The van der Waals surface area contributed by atoms with Gasteiger partial charge < -0.3 is 10.1 Å². The van der Waals surface area contributed by atoms with E-state index in [1.165, 1.54) is 0 Å². The smallest absolute Gasteiger partial charge is 0.253 e. The largest absolute Gasteiger partial charge is 0.497 e. The second-order valence-corrected chi connectivity index (χ2v) is 5.51. The Bertz CT molecular complexity index is 614. The molecule has 1 atom stereocenters. The van der Waals surface area contributed by atoms with Gasteiger partial charge in [-0.25, -0.2) is 0 Å². The lowest BCUT2D eigenvalue weighted by atomic mass is 10.0. The molecule has 0 aliphatic rings. The van der Waals surface area contributed by atoms with Gasteiger partial charge in [0.05, 0.1) is 18.7 Å². The van der Waals surface area contributed by atoms with Crippen molar-refractivity contribution in [2.45, 2.75) is 19.4 Å². The van der Waals surface area contributed by atoms with Crippen molar-refractivity contribution in [3.05, 3.63) is 58.3 Å². The first-order valence-corrected chi connectivity index (χ1v) is 7.48. The number of carbonyl (C=O) groups is 1. The molecule has 0 saturated carbocycles. The highest BCUT2D eigenvalue weighted by Gasteiger charge is 2.14. The van der Waals surface area contributed by atoms with Crippen LogP contribution >= 0.6 is 15.9 Å². The van der Waals surface area contributed by atoms with Gasteiger partial charge in [-0.3, -0.25) is 9.78 Å². The molecule has 0 bridgehead atoms. The second kappa shape index (κ2) is 7.22. The van der Waals surface area contributed by atoms with E-state index in [0.717, 1.165) is 22.2 Å². The Kier molecular flexibility index (Phi) is 5.33. The molecule has 1 N–H and O–H groups in total. The Morgan fingerprint density at radius 3 is 2.62 bits per heavy atom. The highest BCUT2D eigenvalue weighted by molar-refractivity contribution is 9.10. The van der Waals surface area contributed by atoms with Gasteiger partial charge in [-0.15, -0.1) is 0 Å². The van der Waals surface area contributed by atoms with Crippen LogP contribution in [0.1, 0.15) is 35.3 Å². The lowest BCUT2D eigenvalue weighted by Crippen LogP contribution is -2.28. The minimum absolute atomic E-state index is 0.0395. The van der Waals surface area contributed by atoms with Crippen LogP contribution in [0, 0.1) is 0 Å². The topological polar surface area (TPSA) is 51.2 Å². The summed E-state index contributed by atoms with van der Waals surface area (Å²) in [7, 11) is 1.63. The van der Waals surface area contributed by atoms with Crippen molar-refractivity contribution in [1.29, 1.82) is 0 Å². The number of nitrogens with one attached hydrogen (secondary N) is 1. The molecule has 0 fully saturated rings. The number of benzene rings is 1. The molecule has 2 aromatic rings. The number of rotatable bonds is 5. The van der Waals surface area contributed by atoms with Crippen LogP contribution in [-0.4, -0.2) is 18.0 Å². The molecule has 1 unspecified atom stereocenters. The van der Waals surface area contributed by atoms with Crippen LogP contribution in [0.5, 0.6) is 5.75 Å². The van der Waals surface area contributed by atoms with Gasteiger partial charge in [-0.05, 0) is 46.1 Å². The van der Waals surface area contributed by atoms with Crippen molar-refractivity contribution in [1.82, 2.24) is 10.3 Å². The van der Waals surface area contributed by atoms with Crippen molar-refractivity contribution >= 4 is 21.8 Å². The average molecular weight is 349 g/mol. The van der Waals surface area contributed by atoms with Crippen molar-refractivity contribution in [2.75, 3.05) is 7.11 Å². The van der Waals surface area contributed by atoms with E-state index in [4.69, 9.17) is 4.74 Å². The van der Waals surface area contributed by atoms with Gasteiger partial charge in [0.1, 0.15) is 5.75 Å². The maximum absolute atomic E-state index is 12.3. The molecule has 0 spiro atoms. The number of hydrogen-bond donors (Lipinski definition) is 1. The van der Waals surface area contributed by atoms with Gasteiger partial charge in [-0.1, -0.05) is 19.1 Å². The summed E-state index contributed by atoms with van der Waals surface area (Å²) in [5, 5.41) is 3.02. The number of aromatic nitrogens is 1. The van der Waals surface area contributed by atoms with E-state index < -0.39 is 0 Å². The van der Waals surface area contributed by atoms with E-state index in [2.05, 4.69) is 26.2 Å². The Hall–Kier alpha value is -1.88. The molecule has 1 aromatic heterocycles. The van der Waals surface area contributed by atoms with E-state index in [1.807, 2.05) is 31.2 Å². The second-order valence-electron chi connectivity index (χ2n) is 4.60. The van der Waals surface area contributed by atoms with E-state index in [0.29, 0.717) is 5.56 Å². The maximum atomic E-state index is 12.3. The lowest BCUT2D eigenvalue weighted by molar-refractivity contribution is 0.0935. The number of methoxy groups -OCH3 is 1. The summed E-state index contributed by atoms with van der Waals surface area (Å²) in [5.41, 5.74) is 1.59. The van der Waals surface area contributed by atoms with Crippen LogP contribution in [-0.2, 0) is 0 Å². The predicted octanol–water partition coefficient (Wildman–Crippen LogP) is 3.73. The van der Waals surface area contributed by atoms with Gasteiger partial charge in [0, 0.05) is 16.9 Å². The summed E-state index contributed by atoms with van der Waals surface area (Å²) in [4.78, 5) is 16.3. The first-order chi connectivity index (χ1) is 10.1. The maximum Gasteiger partial charge on any atom is 0.253 e. The molecule has 0 saturated heterocycles. The van der Waals surface area contributed by atoms with E-state index in [-0.39, 0.29) is 11.9 Å². The first kappa shape index (κ1) is 15.5. The molecule has 0 aliphatic carbocycles. The van der Waals surface area contributed by atoms with Gasteiger partial charge in [0.25, 0.3) is 5.91 Å². The van der Waals surface area contributed by atoms with Gasteiger partial charge in [-0.2, -0.15) is 0 Å². The number of hydrogen-bond acceptors (Lipinski definition) is 3. The molecule has 0 radical (unpaired) electrons. The quantitative estimate of drug-likeness (QED) is 0.895. The predicted molar refractivity (Wildman–Crippen MR) is 85.4 cm³/mol. The highest BCUT2D eigenvalue weighted by atomic mass is 79.9. The standard InChI is InChI=1S/C16H17BrN2O2/c1-3-15(11-4-6-14(21-2)7-5-11)19-16(20)12-8-13(17)10-18-9-12/h4-10,15H,3H2,1-2H3,(H,19,20). The zero-order valence-corrected chi connectivity index (χ0v) is 13.6. The van der Waals surface area contributed by atoms with Crippen molar-refractivity contribution in [3.63, 3.8) is 0 Å². The molecule has 5 heteroatoms. The molecular formula is C16H17BrN2O2. The number of amides is 1. The summed E-state index contributed by atoms with van der Waals surface area (Å²) in [5.74, 6) is 0.669. The van der Waals surface area contributed by atoms with Crippen LogP contribution in [0.3, 0.4) is 0 Å². The minimum Gasteiger partial charge on any atom is -0.497 e. The highest BCUT2D eigenvalue weighted by Crippen LogP contribution is 2.21. The minimum atomic E-state index is -0.133. The number of pyridine rings is 1. The lowest BCUT2D eigenvalue weighted by Gasteiger charge is -2.18. The molecule has 1 heterocycles. The van der Waals surface area contributed by atoms with Gasteiger partial charge >= 0.3 is 0 Å². The van der Waals surface area contributed by atoms with Crippen molar-refractivity contribution in [2.24, 2.45) is 0 Å². The molecule has 4 nitrogen and oxygen atoms in total. The molecule has 2 rings (SSSR count). The summed E-state index contributed by atoms with van der Waals surface area (Å²) in [6, 6.07) is 9.43. The zero-order valence-electron chi connectivity index (χ0n) is 12.0. The molecule has 21 heavy (non-hydrogen) atoms. The molecule has 1 amide bonds. The van der Waals surface area contributed by atoms with Crippen LogP contribution in [0.2, 0.25) is 0 Å². The Morgan fingerprint density at radius 1 is 1.33 bits per heavy atom. The summed E-state index contributed by atoms with van der Waals surface area (Å²) < 4.78 is 5.93. The molecule has 0 aliphatic heterocycles. The monoisotopic (exact) mass is 348 g/mol. The third-order valence-corrected chi connectivity index (χ3v) is 3.63. The molecule has 110 valence electrons. The normalized spacial score (nSPS) is 11.8. The SMILES string of the molecule is CCC(NC(=O)c1cncc(Br)c1)c1ccc(OC)cc1.